The maximum atomic E-state index is 11.4. The first kappa shape index (κ1) is 16.4. The Morgan fingerprint density at radius 1 is 1.29 bits per heavy atom. The summed E-state index contributed by atoms with van der Waals surface area (Å²) in [6.07, 6.45) is 0.192. The molecule has 0 spiro atoms. The van der Waals surface area contributed by atoms with Crippen molar-refractivity contribution in [3.63, 3.8) is 0 Å². The van der Waals surface area contributed by atoms with Crippen molar-refractivity contribution in [2.24, 2.45) is 0 Å². The van der Waals surface area contributed by atoms with Gasteiger partial charge >= 0.3 is 23.1 Å². The van der Waals surface area contributed by atoms with E-state index in [9.17, 15) is 13.2 Å². The predicted molar refractivity (Wildman–Crippen MR) is 67.8 cm³/mol. The molecule has 0 saturated heterocycles. The molecule has 1 amide bonds. The second-order valence-electron chi connectivity index (χ2n) is 3.26. The number of benzene rings is 1. The SMILES string of the molecule is O=C(NCCCS(=O)(=O)O)c1ccccc1.[H-].[H-].[Mg+2]. The molecule has 1 rings (SSSR count). The summed E-state index contributed by atoms with van der Waals surface area (Å²) >= 11 is 0. The van der Waals surface area contributed by atoms with E-state index in [-0.39, 0.29) is 50.5 Å². The van der Waals surface area contributed by atoms with Crippen molar-refractivity contribution in [1.82, 2.24) is 5.32 Å². The van der Waals surface area contributed by atoms with Gasteiger partial charge in [-0.3, -0.25) is 9.35 Å². The van der Waals surface area contributed by atoms with Gasteiger partial charge in [-0.15, -0.1) is 0 Å². The average molecular weight is 270 g/mol. The number of rotatable bonds is 5. The first-order chi connectivity index (χ1) is 7.49. The number of carbonyl (C=O) groups excluding carboxylic acids is 1. The van der Waals surface area contributed by atoms with Crippen molar-refractivity contribution in [3.05, 3.63) is 35.9 Å². The summed E-state index contributed by atoms with van der Waals surface area (Å²) in [6, 6.07) is 8.62. The third-order valence-electron chi connectivity index (χ3n) is 1.90. The van der Waals surface area contributed by atoms with E-state index in [1.165, 1.54) is 0 Å². The third kappa shape index (κ3) is 7.32. The van der Waals surface area contributed by atoms with Crippen LogP contribution in [0.2, 0.25) is 0 Å². The third-order valence-corrected chi connectivity index (χ3v) is 2.71. The van der Waals surface area contributed by atoms with E-state index in [0.717, 1.165) is 0 Å². The summed E-state index contributed by atoms with van der Waals surface area (Å²) in [7, 11) is -3.94. The number of nitrogens with one attached hydrogen (secondary N) is 1. The molecular formula is C10H15MgNO4S. The van der Waals surface area contributed by atoms with E-state index in [1.807, 2.05) is 0 Å². The second kappa shape index (κ2) is 7.65. The van der Waals surface area contributed by atoms with E-state index in [4.69, 9.17) is 4.55 Å². The fourth-order valence-electron chi connectivity index (χ4n) is 1.15. The topological polar surface area (TPSA) is 83.5 Å². The second-order valence-corrected chi connectivity index (χ2v) is 4.83. The van der Waals surface area contributed by atoms with Gasteiger partial charge in [0, 0.05) is 12.1 Å². The maximum absolute atomic E-state index is 11.4. The van der Waals surface area contributed by atoms with Crippen molar-refractivity contribution >= 4 is 39.1 Å². The van der Waals surface area contributed by atoms with Crippen LogP contribution < -0.4 is 5.32 Å². The Kier molecular flexibility index (Phi) is 7.36. The smallest absolute Gasteiger partial charge is 1.00 e. The standard InChI is InChI=1S/C10H13NO4S.Mg.2H/c12-10(9-5-2-1-3-6-9)11-7-4-8-16(13,14)15;;;/h1-3,5-6H,4,7-8H2,(H,11,12)(H,13,14,15);;;/q;+2;2*-1. The molecule has 0 unspecified atom stereocenters. The van der Waals surface area contributed by atoms with E-state index >= 15 is 0 Å². The Labute approximate surface area is 119 Å². The van der Waals surface area contributed by atoms with Gasteiger partial charge in [-0.2, -0.15) is 8.42 Å². The fraction of sp³-hybridized carbons (Fsp3) is 0.300. The molecule has 0 aromatic heterocycles. The zero-order valence-electron chi connectivity index (χ0n) is 11.3. The molecule has 2 N–H and O–H groups in total. The normalized spacial score (nSPS) is 10.4. The Hall–Kier alpha value is -0.634. The van der Waals surface area contributed by atoms with Crippen LogP contribution in [0, 0.1) is 0 Å². The first-order valence-corrected chi connectivity index (χ1v) is 6.38. The summed E-state index contributed by atoms with van der Waals surface area (Å²) in [6.45, 7) is 0.216. The van der Waals surface area contributed by atoms with Crippen molar-refractivity contribution in [2.75, 3.05) is 12.3 Å². The van der Waals surface area contributed by atoms with Gasteiger partial charge in [0.05, 0.1) is 5.75 Å². The zero-order valence-corrected chi connectivity index (χ0v) is 11.5. The van der Waals surface area contributed by atoms with Gasteiger partial charge in [-0.25, -0.2) is 0 Å². The van der Waals surface area contributed by atoms with Crippen LogP contribution in [-0.4, -0.2) is 54.2 Å². The van der Waals surface area contributed by atoms with Crippen molar-refractivity contribution in [3.8, 4) is 0 Å². The van der Waals surface area contributed by atoms with Crippen LogP contribution in [0.5, 0.6) is 0 Å². The summed E-state index contributed by atoms with van der Waals surface area (Å²) < 4.78 is 29.2. The molecular weight excluding hydrogens is 254 g/mol. The Balaban J connectivity index is -0.000000853. The van der Waals surface area contributed by atoms with Crippen molar-refractivity contribution in [1.29, 1.82) is 0 Å². The van der Waals surface area contributed by atoms with Gasteiger partial charge < -0.3 is 8.17 Å². The van der Waals surface area contributed by atoms with Gasteiger partial charge in [-0.05, 0) is 18.6 Å². The molecule has 0 fully saturated rings. The van der Waals surface area contributed by atoms with Gasteiger partial charge in [0.2, 0.25) is 0 Å². The molecule has 0 aliphatic rings. The summed E-state index contributed by atoms with van der Waals surface area (Å²) in [4.78, 5) is 11.4. The Bertz CT molecular complexity index is 456. The van der Waals surface area contributed by atoms with E-state index < -0.39 is 10.1 Å². The van der Waals surface area contributed by atoms with Crippen LogP contribution in [0.4, 0.5) is 0 Å². The molecule has 5 nitrogen and oxygen atoms in total. The van der Waals surface area contributed by atoms with Crippen LogP contribution in [0.1, 0.15) is 19.6 Å². The molecule has 0 atom stereocenters. The Morgan fingerprint density at radius 3 is 2.41 bits per heavy atom. The summed E-state index contributed by atoms with van der Waals surface area (Å²) in [5.41, 5.74) is 0.523. The van der Waals surface area contributed by atoms with Gasteiger partial charge in [0.1, 0.15) is 0 Å². The zero-order chi connectivity index (χ0) is 12.0. The van der Waals surface area contributed by atoms with E-state index in [0.29, 0.717) is 5.56 Å². The molecule has 0 bridgehead atoms. The summed E-state index contributed by atoms with van der Waals surface area (Å²) in [5.74, 6) is -0.599. The Morgan fingerprint density at radius 2 is 1.88 bits per heavy atom. The minimum absolute atomic E-state index is 0. The van der Waals surface area contributed by atoms with Crippen LogP contribution in [0.25, 0.3) is 0 Å². The van der Waals surface area contributed by atoms with E-state index in [1.54, 1.807) is 30.3 Å². The van der Waals surface area contributed by atoms with Gasteiger partial charge in [0.15, 0.2) is 0 Å². The molecule has 92 valence electrons. The van der Waals surface area contributed by atoms with Gasteiger partial charge in [-0.1, -0.05) is 18.2 Å². The van der Waals surface area contributed by atoms with Crippen molar-refractivity contribution in [2.45, 2.75) is 6.42 Å². The average Bonchev–Trinajstić information content (AvgIpc) is 2.24. The number of amides is 1. The number of hydrogen-bond acceptors (Lipinski definition) is 3. The van der Waals surface area contributed by atoms with Gasteiger partial charge in [0.25, 0.3) is 16.0 Å². The van der Waals surface area contributed by atoms with Crippen molar-refractivity contribution < 1.29 is 20.6 Å². The molecule has 1 aromatic rings. The molecule has 0 heterocycles. The van der Waals surface area contributed by atoms with Crippen LogP contribution in [0.15, 0.2) is 30.3 Å². The molecule has 17 heavy (non-hydrogen) atoms. The molecule has 0 saturated carbocycles. The minimum Gasteiger partial charge on any atom is -1.00 e. The van der Waals surface area contributed by atoms with E-state index in [2.05, 4.69) is 5.32 Å². The monoisotopic (exact) mass is 269 g/mol. The van der Waals surface area contributed by atoms with Crippen LogP contribution in [-0.2, 0) is 10.1 Å². The molecule has 0 aliphatic carbocycles. The molecule has 0 aliphatic heterocycles. The van der Waals surface area contributed by atoms with Crippen LogP contribution >= 0.6 is 0 Å². The number of carbonyl (C=O) groups is 1. The maximum Gasteiger partial charge on any atom is 2.00 e. The molecule has 0 radical (unpaired) electrons. The minimum atomic E-state index is -3.94. The van der Waals surface area contributed by atoms with Crippen LogP contribution in [0.3, 0.4) is 0 Å². The quantitative estimate of drug-likeness (QED) is 0.464. The fourth-order valence-corrected chi connectivity index (χ4v) is 1.66. The first-order valence-electron chi connectivity index (χ1n) is 4.77. The largest absolute Gasteiger partial charge is 2.00 e. The molecule has 7 heteroatoms. The predicted octanol–water partition coefficient (Wildman–Crippen LogP) is 0.539. The number of hydrogen-bond donors (Lipinski definition) is 2. The summed E-state index contributed by atoms with van der Waals surface area (Å²) in [5, 5.41) is 2.56. The molecule has 1 aromatic carbocycles.